The van der Waals surface area contributed by atoms with E-state index >= 15 is 0 Å². The van der Waals surface area contributed by atoms with E-state index in [2.05, 4.69) is 5.32 Å². The summed E-state index contributed by atoms with van der Waals surface area (Å²) in [6.07, 6.45) is 0. The van der Waals surface area contributed by atoms with Crippen molar-refractivity contribution in [3.63, 3.8) is 0 Å². The SMILES string of the molecule is O=C(Nc1ccccc1)c1c(O)n(-c2ccccc2)c(=S)n(-c2ccccc2)c1=O. The number of carbonyl (C=O) groups is 1. The van der Waals surface area contributed by atoms with E-state index in [-0.39, 0.29) is 4.77 Å². The van der Waals surface area contributed by atoms with Gasteiger partial charge in [-0.1, -0.05) is 54.6 Å². The van der Waals surface area contributed by atoms with E-state index in [1.165, 1.54) is 9.13 Å². The van der Waals surface area contributed by atoms with Crippen molar-refractivity contribution < 1.29 is 9.90 Å². The Morgan fingerprint density at radius 3 is 1.77 bits per heavy atom. The monoisotopic (exact) mass is 415 g/mol. The van der Waals surface area contributed by atoms with Crippen LogP contribution in [0.15, 0.2) is 95.8 Å². The fraction of sp³-hybridized carbons (Fsp3) is 0. The fourth-order valence-electron chi connectivity index (χ4n) is 3.13. The Bertz CT molecular complexity index is 1320. The molecule has 4 aromatic rings. The number of carbonyl (C=O) groups excluding carboxylic acids is 1. The van der Waals surface area contributed by atoms with E-state index in [1.807, 2.05) is 18.2 Å². The summed E-state index contributed by atoms with van der Waals surface area (Å²) < 4.78 is 2.59. The summed E-state index contributed by atoms with van der Waals surface area (Å²) in [5, 5.41) is 13.6. The van der Waals surface area contributed by atoms with Gasteiger partial charge < -0.3 is 10.4 Å². The average Bonchev–Trinajstić information content (AvgIpc) is 2.76. The first kappa shape index (κ1) is 19.4. The number of rotatable bonds is 4. The van der Waals surface area contributed by atoms with Crippen molar-refractivity contribution in [1.29, 1.82) is 0 Å². The summed E-state index contributed by atoms with van der Waals surface area (Å²) in [7, 11) is 0. The van der Waals surface area contributed by atoms with Gasteiger partial charge in [0.15, 0.2) is 10.3 Å². The summed E-state index contributed by atoms with van der Waals surface area (Å²) in [5.41, 5.74) is 0.412. The smallest absolute Gasteiger partial charge is 0.275 e. The van der Waals surface area contributed by atoms with E-state index in [4.69, 9.17) is 12.2 Å². The van der Waals surface area contributed by atoms with Crippen molar-refractivity contribution in [2.75, 3.05) is 5.32 Å². The molecule has 0 bridgehead atoms. The zero-order valence-electron chi connectivity index (χ0n) is 15.7. The molecule has 1 aromatic heterocycles. The second-order valence-corrected chi connectivity index (χ2v) is 6.81. The molecule has 0 saturated heterocycles. The molecule has 1 amide bonds. The Kier molecular flexibility index (Phi) is 5.28. The van der Waals surface area contributed by atoms with Crippen LogP contribution in [0, 0.1) is 4.77 Å². The molecule has 0 unspecified atom stereocenters. The van der Waals surface area contributed by atoms with Gasteiger partial charge in [-0.3, -0.25) is 18.7 Å². The zero-order chi connectivity index (χ0) is 21.1. The molecule has 0 fully saturated rings. The first-order valence-electron chi connectivity index (χ1n) is 9.16. The van der Waals surface area contributed by atoms with Crippen LogP contribution in [0.25, 0.3) is 11.4 Å². The minimum absolute atomic E-state index is 0.0474. The predicted octanol–water partition coefficient (Wildman–Crippen LogP) is 4.32. The standard InChI is InChI=1S/C23H17N3O3S/c27-20(24-16-10-4-1-5-11-16)19-21(28)25(17-12-6-2-7-13-17)23(30)26(22(19)29)18-14-8-3-9-15-18/h1-15,28H,(H,24,27). The van der Waals surface area contributed by atoms with Gasteiger partial charge >= 0.3 is 0 Å². The predicted molar refractivity (Wildman–Crippen MR) is 118 cm³/mol. The Labute approximate surface area is 177 Å². The van der Waals surface area contributed by atoms with Gasteiger partial charge in [0.05, 0.1) is 11.4 Å². The molecular formula is C23H17N3O3S. The molecule has 1 heterocycles. The number of nitrogens with one attached hydrogen (secondary N) is 1. The molecule has 0 aliphatic rings. The van der Waals surface area contributed by atoms with E-state index in [9.17, 15) is 14.7 Å². The third kappa shape index (κ3) is 3.54. The molecule has 4 rings (SSSR count). The van der Waals surface area contributed by atoms with Crippen molar-refractivity contribution in [3.05, 3.63) is 112 Å². The van der Waals surface area contributed by atoms with Crippen LogP contribution < -0.4 is 10.9 Å². The summed E-state index contributed by atoms with van der Waals surface area (Å²) in [4.78, 5) is 26.3. The van der Waals surface area contributed by atoms with E-state index in [0.29, 0.717) is 17.1 Å². The lowest BCUT2D eigenvalue weighted by atomic mass is 10.2. The van der Waals surface area contributed by atoms with Crippen molar-refractivity contribution in [1.82, 2.24) is 9.13 Å². The fourth-order valence-corrected chi connectivity index (χ4v) is 3.51. The van der Waals surface area contributed by atoms with Crippen LogP contribution >= 0.6 is 12.2 Å². The minimum Gasteiger partial charge on any atom is -0.493 e. The Morgan fingerprint density at radius 1 is 0.767 bits per heavy atom. The summed E-state index contributed by atoms with van der Waals surface area (Å²) >= 11 is 5.54. The highest BCUT2D eigenvalue weighted by Gasteiger charge is 2.24. The maximum Gasteiger partial charge on any atom is 0.275 e. The van der Waals surface area contributed by atoms with Crippen molar-refractivity contribution >= 4 is 23.8 Å². The molecular weight excluding hydrogens is 398 g/mol. The quantitative estimate of drug-likeness (QED) is 0.487. The summed E-state index contributed by atoms with van der Waals surface area (Å²) in [5.74, 6) is -1.25. The first-order valence-corrected chi connectivity index (χ1v) is 9.57. The number of nitrogens with zero attached hydrogens (tertiary/aromatic N) is 2. The summed E-state index contributed by atoms with van der Waals surface area (Å²) in [6, 6.07) is 26.3. The van der Waals surface area contributed by atoms with Gasteiger partial charge in [0.1, 0.15) is 0 Å². The van der Waals surface area contributed by atoms with Crippen LogP contribution in [0.1, 0.15) is 10.4 Å². The van der Waals surface area contributed by atoms with Crippen molar-refractivity contribution in [2.24, 2.45) is 0 Å². The second-order valence-electron chi connectivity index (χ2n) is 6.45. The van der Waals surface area contributed by atoms with Gasteiger partial charge in [0.2, 0.25) is 5.88 Å². The highest BCUT2D eigenvalue weighted by Crippen LogP contribution is 2.23. The maximum atomic E-state index is 13.3. The topological polar surface area (TPSA) is 76.3 Å². The Hall–Kier alpha value is -3.97. The molecule has 0 spiro atoms. The number of para-hydroxylation sites is 3. The third-order valence-corrected chi connectivity index (χ3v) is 4.89. The molecule has 148 valence electrons. The highest BCUT2D eigenvalue weighted by atomic mass is 32.1. The zero-order valence-corrected chi connectivity index (χ0v) is 16.5. The molecule has 0 aliphatic carbocycles. The third-order valence-electron chi connectivity index (χ3n) is 4.52. The van der Waals surface area contributed by atoms with E-state index < -0.39 is 22.9 Å². The van der Waals surface area contributed by atoms with Gasteiger partial charge in [-0.2, -0.15) is 0 Å². The molecule has 3 aromatic carbocycles. The molecule has 7 heteroatoms. The molecule has 0 radical (unpaired) electrons. The van der Waals surface area contributed by atoms with Gasteiger partial charge in [-0.05, 0) is 48.6 Å². The van der Waals surface area contributed by atoms with E-state index in [1.54, 1.807) is 72.8 Å². The Morgan fingerprint density at radius 2 is 1.23 bits per heavy atom. The number of hydrogen-bond donors (Lipinski definition) is 2. The largest absolute Gasteiger partial charge is 0.493 e. The van der Waals surface area contributed by atoms with Gasteiger partial charge in [0.25, 0.3) is 11.5 Å². The van der Waals surface area contributed by atoms with Gasteiger partial charge in [0, 0.05) is 5.69 Å². The number of benzene rings is 3. The number of aromatic nitrogens is 2. The van der Waals surface area contributed by atoms with Gasteiger partial charge in [-0.25, -0.2) is 0 Å². The number of hydrogen-bond acceptors (Lipinski definition) is 4. The second kappa shape index (κ2) is 8.18. The number of anilines is 1. The van der Waals surface area contributed by atoms with Crippen molar-refractivity contribution in [3.8, 4) is 17.3 Å². The minimum atomic E-state index is -0.729. The highest BCUT2D eigenvalue weighted by molar-refractivity contribution is 7.71. The molecule has 0 aliphatic heterocycles. The molecule has 0 saturated carbocycles. The lowest BCUT2D eigenvalue weighted by Crippen LogP contribution is -2.32. The molecule has 0 atom stereocenters. The summed E-state index contributed by atoms with van der Waals surface area (Å²) in [6.45, 7) is 0. The number of amides is 1. The molecule has 2 N–H and O–H groups in total. The molecule has 30 heavy (non-hydrogen) atoms. The normalized spacial score (nSPS) is 10.5. The Balaban J connectivity index is 1.99. The lowest BCUT2D eigenvalue weighted by Gasteiger charge is -2.17. The van der Waals surface area contributed by atoms with Crippen LogP contribution in [-0.4, -0.2) is 20.1 Å². The van der Waals surface area contributed by atoms with Crippen LogP contribution in [0.2, 0.25) is 0 Å². The van der Waals surface area contributed by atoms with Crippen LogP contribution in [0.4, 0.5) is 5.69 Å². The van der Waals surface area contributed by atoms with Crippen molar-refractivity contribution in [2.45, 2.75) is 0 Å². The maximum absolute atomic E-state index is 13.3. The van der Waals surface area contributed by atoms with Crippen LogP contribution in [0.3, 0.4) is 0 Å². The average molecular weight is 415 g/mol. The van der Waals surface area contributed by atoms with Crippen LogP contribution in [-0.2, 0) is 0 Å². The molecule has 6 nitrogen and oxygen atoms in total. The first-order chi connectivity index (χ1) is 14.6. The van der Waals surface area contributed by atoms with Gasteiger partial charge in [-0.15, -0.1) is 0 Å². The van der Waals surface area contributed by atoms with E-state index in [0.717, 1.165) is 0 Å². The van der Waals surface area contributed by atoms with Crippen LogP contribution in [0.5, 0.6) is 5.88 Å². The number of aromatic hydroxyl groups is 1. The lowest BCUT2D eigenvalue weighted by molar-refractivity contribution is 0.102.